The summed E-state index contributed by atoms with van der Waals surface area (Å²) < 4.78 is 30.5. The predicted molar refractivity (Wildman–Crippen MR) is 115 cm³/mol. The van der Waals surface area contributed by atoms with Gasteiger partial charge in [-0.2, -0.15) is 0 Å². The standard InChI is InChI=1S/C23H18ClFN2O4/c1-29-15-9-17-18(11-27-23(17)26-10-15)21(28)16-4-3-5-20(22(16)30-2)31-12-13-6-7-14(24)8-19(13)25/h3-11H,12H2,1-2H3,(H,26,27). The normalized spacial score (nSPS) is 10.8. The van der Waals surface area contributed by atoms with Gasteiger partial charge in [0, 0.05) is 27.7 Å². The van der Waals surface area contributed by atoms with Crippen LogP contribution in [-0.2, 0) is 6.61 Å². The van der Waals surface area contributed by atoms with Crippen molar-refractivity contribution in [2.24, 2.45) is 0 Å². The van der Waals surface area contributed by atoms with E-state index in [-0.39, 0.29) is 18.1 Å². The van der Waals surface area contributed by atoms with Crippen LogP contribution >= 0.6 is 11.6 Å². The van der Waals surface area contributed by atoms with Gasteiger partial charge in [0.25, 0.3) is 0 Å². The van der Waals surface area contributed by atoms with Crippen LogP contribution in [0.4, 0.5) is 4.39 Å². The highest BCUT2D eigenvalue weighted by Gasteiger charge is 2.22. The van der Waals surface area contributed by atoms with Crippen LogP contribution in [0.2, 0.25) is 5.02 Å². The molecule has 2 heterocycles. The maximum atomic E-state index is 14.1. The Kier molecular flexibility index (Phi) is 5.77. The lowest BCUT2D eigenvalue weighted by atomic mass is 10.0. The second kappa shape index (κ2) is 8.65. The fourth-order valence-corrected chi connectivity index (χ4v) is 3.40. The summed E-state index contributed by atoms with van der Waals surface area (Å²) in [4.78, 5) is 20.6. The van der Waals surface area contributed by atoms with Gasteiger partial charge in [0.15, 0.2) is 17.3 Å². The van der Waals surface area contributed by atoms with Gasteiger partial charge in [0.2, 0.25) is 0 Å². The average Bonchev–Trinajstić information content (AvgIpc) is 3.20. The predicted octanol–water partition coefficient (Wildman–Crippen LogP) is 5.18. The zero-order valence-electron chi connectivity index (χ0n) is 16.7. The Hall–Kier alpha value is -3.58. The van der Waals surface area contributed by atoms with Crippen LogP contribution in [0.3, 0.4) is 0 Å². The van der Waals surface area contributed by atoms with Crippen LogP contribution in [0.25, 0.3) is 11.0 Å². The number of aromatic nitrogens is 2. The van der Waals surface area contributed by atoms with E-state index in [4.69, 9.17) is 25.8 Å². The number of nitrogens with zero attached hydrogens (tertiary/aromatic N) is 1. The maximum absolute atomic E-state index is 14.1. The number of para-hydroxylation sites is 1. The minimum atomic E-state index is -0.473. The Bertz CT molecular complexity index is 1270. The van der Waals surface area contributed by atoms with E-state index in [1.165, 1.54) is 20.3 Å². The number of methoxy groups -OCH3 is 2. The Morgan fingerprint density at radius 1 is 1.13 bits per heavy atom. The second-order valence-electron chi connectivity index (χ2n) is 6.66. The lowest BCUT2D eigenvalue weighted by Crippen LogP contribution is -2.06. The van der Waals surface area contributed by atoms with E-state index in [1.807, 2.05) is 0 Å². The molecule has 0 fully saturated rings. The number of rotatable bonds is 7. The Morgan fingerprint density at radius 2 is 1.97 bits per heavy atom. The molecule has 0 bridgehead atoms. The number of ether oxygens (including phenoxy) is 3. The first-order chi connectivity index (χ1) is 15.0. The summed E-state index contributed by atoms with van der Waals surface area (Å²) >= 11 is 5.79. The monoisotopic (exact) mass is 440 g/mol. The number of pyridine rings is 1. The fraction of sp³-hybridized carbons (Fsp3) is 0.130. The number of aromatic amines is 1. The number of hydrogen-bond acceptors (Lipinski definition) is 5. The molecule has 0 unspecified atom stereocenters. The smallest absolute Gasteiger partial charge is 0.199 e. The summed E-state index contributed by atoms with van der Waals surface area (Å²) in [5, 5.41) is 0.928. The van der Waals surface area contributed by atoms with Gasteiger partial charge in [-0.05, 0) is 30.3 Å². The molecule has 0 aliphatic rings. The summed E-state index contributed by atoms with van der Waals surface area (Å²) in [6, 6.07) is 11.1. The quantitative estimate of drug-likeness (QED) is 0.401. The SMILES string of the molecule is COc1cnc2[nH]cc(C(=O)c3cccc(OCc4ccc(Cl)cc4F)c3OC)c2c1. The molecule has 0 aliphatic heterocycles. The van der Waals surface area contributed by atoms with E-state index < -0.39 is 5.82 Å². The highest BCUT2D eigenvalue weighted by atomic mass is 35.5. The summed E-state index contributed by atoms with van der Waals surface area (Å²) in [7, 11) is 2.98. The van der Waals surface area contributed by atoms with Crippen molar-refractivity contribution >= 4 is 28.4 Å². The van der Waals surface area contributed by atoms with E-state index in [0.29, 0.717) is 44.2 Å². The fourth-order valence-electron chi connectivity index (χ4n) is 3.24. The summed E-state index contributed by atoms with van der Waals surface area (Å²) in [6.07, 6.45) is 3.16. The van der Waals surface area contributed by atoms with Crippen LogP contribution in [0.1, 0.15) is 21.5 Å². The lowest BCUT2D eigenvalue weighted by Gasteiger charge is -2.14. The molecule has 2 aromatic carbocycles. The Balaban J connectivity index is 1.67. The van der Waals surface area contributed by atoms with Crippen molar-refractivity contribution < 1.29 is 23.4 Å². The minimum Gasteiger partial charge on any atom is -0.495 e. The molecule has 8 heteroatoms. The molecule has 4 aromatic rings. The first-order valence-electron chi connectivity index (χ1n) is 9.31. The van der Waals surface area contributed by atoms with Crippen molar-refractivity contribution in [2.45, 2.75) is 6.61 Å². The third-order valence-corrected chi connectivity index (χ3v) is 5.05. The van der Waals surface area contributed by atoms with Crippen molar-refractivity contribution in [3.63, 3.8) is 0 Å². The van der Waals surface area contributed by atoms with Crippen molar-refractivity contribution in [3.8, 4) is 17.2 Å². The number of ketones is 1. The van der Waals surface area contributed by atoms with Crippen LogP contribution < -0.4 is 14.2 Å². The zero-order valence-corrected chi connectivity index (χ0v) is 17.5. The number of benzene rings is 2. The maximum Gasteiger partial charge on any atom is 0.199 e. The van der Waals surface area contributed by atoms with Gasteiger partial charge in [0.1, 0.15) is 23.8 Å². The minimum absolute atomic E-state index is 0.0504. The lowest BCUT2D eigenvalue weighted by molar-refractivity contribution is 0.103. The molecule has 0 amide bonds. The molecule has 4 rings (SSSR count). The van der Waals surface area contributed by atoms with E-state index >= 15 is 0 Å². The van der Waals surface area contributed by atoms with Crippen LogP contribution in [0.15, 0.2) is 54.9 Å². The number of carbonyl (C=O) groups excluding carboxylic acids is 1. The van der Waals surface area contributed by atoms with Gasteiger partial charge >= 0.3 is 0 Å². The number of nitrogens with one attached hydrogen (secondary N) is 1. The molecule has 0 spiro atoms. The molecule has 0 radical (unpaired) electrons. The van der Waals surface area contributed by atoms with Crippen molar-refractivity contribution in [3.05, 3.63) is 82.4 Å². The molecule has 6 nitrogen and oxygen atoms in total. The Morgan fingerprint density at radius 3 is 2.71 bits per heavy atom. The molecule has 1 N–H and O–H groups in total. The number of halogens is 2. The summed E-state index contributed by atoms with van der Waals surface area (Å²) in [5.41, 5.74) is 1.62. The Labute approximate surface area is 182 Å². The van der Waals surface area contributed by atoms with E-state index in [9.17, 15) is 9.18 Å². The average molecular weight is 441 g/mol. The van der Waals surface area contributed by atoms with Gasteiger partial charge in [-0.1, -0.05) is 23.7 Å². The topological polar surface area (TPSA) is 73.4 Å². The number of hydrogen-bond donors (Lipinski definition) is 1. The molecule has 31 heavy (non-hydrogen) atoms. The van der Waals surface area contributed by atoms with Gasteiger partial charge in [-0.3, -0.25) is 4.79 Å². The molecule has 0 atom stereocenters. The van der Waals surface area contributed by atoms with E-state index in [0.717, 1.165) is 0 Å². The molecule has 0 saturated heterocycles. The summed E-state index contributed by atoms with van der Waals surface area (Å²) in [6.45, 7) is -0.0504. The van der Waals surface area contributed by atoms with Crippen molar-refractivity contribution in [1.29, 1.82) is 0 Å². The molecular formula is C23H18ClFN2O4. The first-order valence-corrected chi connectivity index (χ1v) is 9.69. The molecule has 0 saturated carbocycles. The molecule has 2 aromatic heterocycles. The largest absolute Gasteiger partial charge is 0.495 e. The summed E-state index contributed by atoms with van der Waals surface area (Å²) in [5.74, 6) is 0.362. The van der Waals surface area contributed by atoms with E-state index in [2.05, 4.69) is 9.97 Å². The number of H-pyrrole nitrogens is 1. The molecule has 0 aliphatic carbocycles. The first kappa shape index (κ1) is 20.7. The van der Waals surface area contributed by atoms with Gasteiger partial charge < -0.3 is 19.2 Å². The highest BCUT2D eigenvalue weighted by Crippen LogP contribution is 2.34. The number of carbonyl (C=O) groups is 1. The van der Waals surface area contributed by atoms with Gasteiger partial charge in [0.05, 0.1) is 26.0 Å². The zero-order chi connectivity index (χ0) is 22.0. The number of fused-ring (bicyclic) bond motifs is 1. The van der Waals surface area contributed by atoms with Crippen LogP contribution in [0, 0.1) is 5.82 Å². The second-order valence-corrected chi connectivity index (χ2v) is 7.10. The van der Waals surface area contributed by atoms with Gasteiger partial charge in [-0.25, -0.2) is 9.37 Å². The van der Waals surface area contributed by atoms with E-state index in [1.54, 1.807) is 48.8 Å². The third-order valence-electron chi connectivity index (χ3n) is 4.81. The van der Waals surface area contributed by atoms with Crippen molar-refractivity contribution in [2.75, 3.05) is 14.2 Å². The molecule has 158 valence electrons. The highest BCUT2D eigenvalue weighted by molar-refractivity contribution is 6.30. The molecular weight excluding hydrogens is 423 g/mol. The van der Waals surface area contributed by atoms with Crippen molar-refractivity contribution in [1.82, 2.24) is 9.97 Å². The van der Waals surface area contributed by atoms with Crippen LogP contribution in [-0.4, -0.2) is 30.0 Å². The third kappa shape index (κ3) is 4.04. The van der Waals surface area contributed by atoms with Gasteiger partial charge in [-0.15, -0.1) is 0 Å². The van der Waals surface area contributed by atoms with Crippen LogP contribution in [0.5, 0.6) is 17.2 Å².